The Kier molecular flexibility index (Phi) is 6.25. The molecule has 0 atom stereocenters. The molecule has 2 aromatic carbocycles. The number of fused-ring (bicyclic) bond motifs is 1. The number of nitrogens with zero attached hydrogens (tertiary/aromatic N) is 1. The van der Waals surface area contributed by atoms with Crippen LogP contribution in [0.25, 0.3) is 33.5 Å². The van der Waals surface area contributed by atoms with Gasteiger partial charge in [0.1, 0.15) is 5.75 Å². The van der Waals surface area contributed by atoms with E-state index in [1.807, 2.05) is 47.2 Å². The fourth-order valence-corrected chi connectivity index (χ4v) is 5.48. The van der Waals surface area contributed by atoms with Crippen molar-refractivity contribution in [3.8, 4) is 33.7 Å². The highest BCUT2D eigenvalue weighted by atomic mass is 32.2. The lowest BCUT2D eigenvalue weighted by molar-refractivity contribution is 0.418. The van der Waals surface area contributed by atoms with Gasteiger partial charge in [-0.25, -0.2) is 17.9 Å². The van der Waals surface area contributed by atoms with Crippen molar-refractivity contribution in [1.29, 1.82) is 0 Å². The molecule has 0 spiro atoms. The number of nitrogens with one attached hydrogen (secondary N) is 2. The van der Waals surface area contributed by atoms with Crippen molar-refractivity contribution in [3.05, 3.63) is 97.5 Å². The molecule has 184 valence electrons. The molecule has 8 nitrogen and oxygen atoms in total. The Labute approximate surface area is 211 Å². The predicted octanol–water partition coefficient (Wildman–Crippen LogP) is 3.42. The lowest BCUT2D eigenvalue weighted by Gasteiger charge is -2.18. The molecule has 0 saturated heterocycles. The Hall–Kier alpha value is -3.73. The van der Waals surface area contributed by atoms with Crippen LogP contribution < -0.4 is 20.7 Å². The Morgan fingerprint density at radius 1 is 1.06 bits per heavy atom. The van der Waals surface area contributed by atoms with E-state index >= 15 is 0 Å². The number of benzene rings is 2. The van der Waals surface area contributed by atoms with E-state index in [4.69, 9.17) is 4.74 Å². The Morgan fingerprint density at radius 3 is 2.50 bits per heavy atom. The average Bonchev–Trinajstić information content (AvgIpc) is 3.51. The largest absolute Gasteiger partial charge is 0.495 e. The molecule has 5 rings (SSSR count). The van der Waals surface area contributed by atoms with Gasteiger partial charge in [0.25, 0.3) is 5.56 Å². The molecule has 36 heavy (non-hydrogen) atoms. The van der Waals surface area contributed by atoms with Crippen molar-refractivity contribution in [2.75, 3.05) is 19.9 Å². The predicted molar refractivity (Wildman–Crippen MR) is 142 cm³/mol. The van der Waals surface area contributed by atoms with Crippen molar-refractivity contribution in [2.45, 2.75) is 6.42 Å². The first-order valence-electron chi connectivity index (χ1n) is 11.1. The zero-order valence-corrected chi connectivity index (χ0v) is 21.2. The molecular formula is C26H23N3O5S2. The first-order valence-corrected chi connectivity index (χ1v) is 13.9. The fraction of sp³-hybridized carbons (Fsp3) is 0.154. The Bertz CT molecular complexity index is 1720. The molecule has 0 radical (unpaired) electrons. The lowest BCUT2D eigenvalue weighted by atomic mass is 9.94. The SMILES string of the molecule is COc1c(-c2ccsc2)cc(-n2ccc(=O)[nH]c2=O)cc1-c1ccc2c(c1)CC=C2CNS(C)(=O)=O. The minimum atomic E-state index is -3.29. The van der Waals surface area contributed by atoms with E-state index in [0.717, 1.165) is 45.2 Å². The quantitative estimate of drug-likeness (QED) is 0.387. The summed E-state index contributed by atoms with van der Waals surface area (Å²) in [6.07, 6.45) is 5.31. The molecule has 1 aliphatic rings. The normalized spacial score (nSPS) is 12.9. The molecule has 1 aliphatic carbocycles. The summed E-state index contributed by atoms with van der Waals surface area (Å²) in [5.41, 5.74) is 6.06. The molecule has 10 heteroatoms. The summed E-state index contributed by atoms with van der Waals surface area (Å²) >= 11 is 1.56. The first kappa shape index (κ1) is 24.0. The van der Waals surface area contributed by atoms with Crippen LogP contribution in [0.4, 0.5) is 0 Å². The van der Waals surface area contributed by atoms with Crippen LogP contribution in [0.5, 0.6) is 5.75 Å². The maximum absolute atomic E-state index is 12.6. The third-order valence-corrected chi connectivity index (χ3v) is 7.42. The maximum Gasteiger partial charge on any atom is 0.332 e. The Balaban J connectivity index is 1.65. The molecule has 2 heterocycles. The minimum absolute atomic E-state index is 0.238. The number of aromatic nitrogens is 2. The van der Waals surface area contributed by atoms with Crippen LogP contribution in [-0.4, -0.2) is 37.9 Å². The standard InChI is InChI=1S/C26H23N3O5S2/c1-34-25-22(17-5-6-21-16(11-17)3-4-18(21)14-27-36(2,32)33)12-20(13-23(25)19-8-10-35-15-19)29-9-7-24(30)28-26(29)31/h4-13,15,27H,3,14H2,1-2H3,(H,28,30,31). The van der Waals surface area contributed by atoms with E-state index in [2.05, 4.69) is 15.8 Å². The van der Waals surface area contributed by atoms with Crippen LogP contribution in [0.3, 0.4) is 0 Å². The summed E-state index contributed by atoms with van der Waals surface area (Å²) in [5, 5.41) is 3.98. The summed E-state index contributed by atoms with van der Waals surface area (Å²) in [6, 6.07) is 13.0. The van der Waals surface area contributed by atoms with Gasteiger partial charge in [0.15, 0.2) is 0 Å². The summed E-state index contributed by atoms with van der Waals surface area (Å²) in [4.78, 5) is 26.5. The monoisotopic (exact) mass is 521 g/mol. The zero-order valence-electron chi connectivity index (χ0n) is 19.6. The number of aromatic amines is 1. The summed E-state index contributed by atoms with van der Waals surface area (Å²) < 4.78 is 32.9. The van der Waals surface area contributed by atoms with E-state index < -0.39 is 21.3 Å². The molecule has 0 bridgehead atoms. The highest BCUT2D eigenvalue weighted by Crippen LogP contribution is 2.42. The molecule has 0 saturated carbocycles. The highest BCUT2D eigenvalue weighted by molar-refractivity contribution is 7.88. The van der Waals surface area contributed by atoms with Gasteiger partial charge in [-0.2, -0.15) is 11.3 Å². The number of sulfonamides is 1. The topological polar surface area (TPSA) is 110 Å². The van der Waals surface area contributed by atoms with Gasteiger partial charge in [-0.1, -0.05) is 24.3 Å². The number of thiophene rings is 1. The van der Waals surface area contributed by atoms with Gasteiger partial charge >= 0.3 is 5.69 Å². The van der Waals surface area contributed by atoms with E-state index in [-0.39, 0.29) is 6.54 Å². The molecule has 0 amide bonds. The second-order valence-corrected chi connectivity index (χ2v) is 11.1. The van der Waals surface area contributed by atoms with Crippen molar-refractivity contribution >= 4 is 26.9 Å². The number of ether oxygens (including phenoxy) is 1. The average molecular weight is 522 g/mol. The molecule has 2 aromatic heterocycles. The Morgan fingerprint density at radius 2 is 1.83 bits per heavy atom. The number of hydrogen-bond donors (Lipinski definition) is 2. The number of methoxy groups -OCH3 is 1. The van der Waals surface area contributed by atoms with Gasteiger partial charge < -0.3 is 4.74 Å². The number of hydrogen-bond acceptors (Lipinski definition) is 6. The van der Waals surface area contributed by atoms with Crippen LogP contribution in [0.15, 0.2) is 75.1 Å². The maximum atomic E-state index is 12.6. The van der Waals surface area contributed by atoms with Gasteiger partial charge in [0, 0.05) is 29.9 Å². The molecule has 4 aromatic rings. The minimum Gasteiger partial charge on any atom is -0.495 e. The zero-order chi connectivity index (χ0) is 25.4. The van der Waals surface area contributed by atoms with Gasteiger partial charge in [0.2, 0.25) is 10.0 Å². The summed E-state index contributed by atoms with van der Waals surface area (Å²) in [7, 11) is -1.68. The smallest absolute Gasteiger partial charge is 0.332 e. The van der Waals surface area contributed by atoms with Crippen molar-refractivity contribution < 1.29 is 13.2 Å². The van der Waals surface area contributed by atoms with Crippen LogP contribution in [-0.2, 0) is 16.4 Å². The summed E-state index contributed by atoms with van der Waals surface area (Å²) in [6.45, 7) is 0.238. The first-order chi connectivity index (χ1) is 17.2. The third kappa shape index (κ3) is 4.70. The lowest BCUT2D eigenvalue weighted by Crippen LogP contribution is -2.27. The van der Waals surface area contributed by atoms with Crippen molar-refractivity contribution in [2.24, 2.45) is 0 Å². The summed E-state index contributed by atoms with van der Waals surface area (Å²) in [5.74, 6) is 0.666. The molecule has 0 unspecified atom stereocenters. The highest BCUT2D eigenvalue weighted by Gasteiger charge is 2.20. The second kappa shape index (κ2) is 9.38. The van der Waals surface area contributed by atoms with E-state index in [1.54, 1.807) is 18.4 Å². The van der Waals surface area contributed by atoms with Gasteiger partial charge in [-0.3, -0.25) is 14.3 Å². The van der Waals surface area contributed by atoms with E-state index in [1.165, 1.54) is 16.8 Å². The van der Waals surface area contributed by atoms with E-state index in [9.17, 15) is 18.0 Å². The third-order valence-electron chi connectivity index (χ3n) is 6.07. The van der Waals surface area contributed by atoms with Crippen LogP contribution in [0.1, 0.15) is 11.1 Å². The van der Waals surface area contributed by atoms with Gasteiger partial charge in [0.05, 0.1) is 19.1 Å². The molecule has 0 fully saturated rings. The second-order valence-electron chi connectivity index (χ2n) is 8.47. The van der Waals surface area contributed by atoms with Crippen LogP contribution >= 0.6 is 11.3 Å². The number of allylic oxidation sites excluding steroid dienone is 1. The van der Waals surface area contributed by atoms with Crippen molar-refractivity contribution in [1.82, 2.24) is 14.3 Å². The van der Waals surface area contributed by atoms with Crippen LogP contribution in [0.2, 0.25) is 0 Å². The van der Waals surface area contributed by atoms with Crippen LogP contribution in [0, 0.1) is 0 Å². The van der Waals surface area contributed by atoms with Crippen molar-refractivity contribution in [3.63, 3.8) is 0 Å². The fourth-order valence-electron chi connectivity index (χ4n) is 4.40. The van der Waals surface area contributed by atoms with Gasteiger partial charge in [-0.05, 0) is 63.2 Å². The molecular weight excluding hydrogens is 498 g/mol. The number of H-pyrrole nitrogens is 1. The molecule has 2 N–H and O–H groups in total. The number of rotatable bonds is 7. The van der Waals surface area contributed by atoms with E-state index in [0.29, 0.717) is 17.9 Å². The molecule has 0 aliphatic heterocycles. The van der Waals surface area contributed by atoms with Gasteiger partial charge in [-0.15, -0.1) is 0 Å².